The Morgan fingerprint density at radius 1 is 1.35 bits per heavy atom. The second-order valence-corrected chi connectivity index (χ2v) is 3.86. The van der Waals surface area contributed by atoms with E-state index in [-0.39, 0.29) is 18.3 Å². The van der Waals surface area contributed by atoms with E-state index in [1.165, 1.54) is 19.2 Å². The van der Waals surface area contributed by atoms with Crippen LogP contribution in [0.5, 0.6) is 5.75 Å². The van der Waals surface area contributed by atoms with Crippen LogP contribution in [0.2, 0.25) is 0 Å². The topological polar surface area (TPSA) is 57.1 Å². The summed E-state index contributed by atoms with van der Waals surface area (Å²) in [6.07, 6.45) is -4.74. The van der Waals surface area contributed by atoms with Gasteiger partial charge in [0.1, 0.15) is 12.4 Å². The molecule has 8 heteroatoms. The third kappa shape index (κ3) is 3.40. The first-order chi connectivity index (χ1) is 9.39. The van der Waals surface area contributed by atoms with Gasteiger partial charge < -0.3 is 14.2 Å². The Kier molecular flexibility index (Phi) is 3.82. The normalized spacial score (nSPS) is 18.2. The van der Waals surface area contributed by atoms with Crippen molar-refractivity contribution >= 4 is 11.9 Å². The van der Waals surface area contributed by atoms with Gasteiger partial charge in [-0.1, -0.05) is 0 Å². The number of esters is 1. The van der Waals surface area contributed by atoms with Crippen molar-refractivity contribution < 1.29 is 32.2 Å². The number of nitrogens with zero attached hydrogens (tertiary/aromatic N) is 1. The zero-order chi connectivity index (χ0) is 14.8. The molecule has 0 aliphatic carbocycles. The van der Waals surface area contributed by atoms with E-state index in [0.29, 0.717) is 5.56 Å². The molecule has 1 aromatic rings. The second-order valence-electron chi connectivity index (χ2n) is 3.86. The highest BCUT2D eigenvalue weighted by molar-refractivity contribution is 5.97. The summed E-state index contributed by atoms with van der Waals surface area (Å²) in [5.74, 6) is -0.694. The van der Waals surface area contributed by atoms with Crippen LogP contribution in [0, 0.1) is 0 Å². The van der Waals surface area contributed by atoms with Crippen LogP contribution < -0.4 is 4.74 Å². The van der Waals surface area contributed by atoms with Gasteiger partial charge in [-0.2, -0.15) is 0 Å². The van der Waals surface area contributed by atoms with E-state index in [1.807, 2.05) is 0 Å². The van der Waals surface area contributed by atoms with E-state index in [1.54, 1.807) is 0 Å². The van der Waals surface area contributed by atoms with Crippen LogP contribution in [0.25, 0.3) is 0 Å². The Balaban J connectivity index is 2.09. The fourth-order valence-electron chi connectivity index (χ4n) is 1.59. The van der Waals surface area contributed by atoms with Crippen LogP contribution in [0.3, 0.4) is 0 Å². The number of ether oxygens (including phenoxy) is 3. The highest BCUT2D eigenvalue weighted by atomic mass is 19.4. The lowest BCUT2D eigenvalue weighted by atomic mass is 10.2. The molecule has 108 valence electrons. The molecule has 0 amide bonds. The van der Waals surface area contributed by atoms with Gasteiger partial charge in [-0.3, -0.25) is 0 Å². The predicted octanol–water partition coefficient (Wildman–Crippen LogP) is 1.90. The van der Waals surface area contributed by atoms with E-state index >= 15 is 0 Å². The average molecular weight is 289 g/mol. The van der Waals surface area contributed by atoms with Crippen molar-refractivity contribution in [3.8, 4) is 5.75 Å². The van der Waals surface area contributed by atoms with Crippen LogP contribution in [0.1, 0.15) is 5.56 Å². The molecule has 0 N–H and O–H groups in total. The molecular weight excluding hydrogens is 279 g/mol. The standard InChI is InChI=1S/C12H10F3NO4/c1-18-11(17)9-6-19-10(16-9)7-2-4-8(5-3-7)20-12(13,14)15/h2-5,9H,6H2,1H3/t9-/m1/s1. The van der Waals surface area contributed by atoms with Crippen molar-refractivity contribution in [3.05, 3.63) is 29.8 Å². The first-order valence-electron chi connectivity index (χ1n) is 5.53. The Labute approximate surface area is 112 Å². The summed E-state index contributed by atoms with van der Waals surface area (Å²) < 4.78 is 49.5. The third-order valence-electron chi connectivity index (χ3n) is 2.46. The fourth-order valence-corrected chi connectivity index (χ4v) is 1.59. The van der Waals surface area contributed by atoms with Gasteiger partial charge in [-0.05, 0) is 24.3 Å². The van der Waals surface area contributed by atoms with Crippen LogP contribution >= 0.6 is 0 Å². The van der Waals surface area contributed by atoms with Gasteiger partial charge in [0, 0.05) is 5.56 Å². The van der Waals surface area contributed by atoms with Gasteiger partial charge in [-0.25, -0.2) is 9.79 Å². The summed E-state index contributed by atoms with van der Waals surface area (Å²) in [5, 5.41) is 0. The number of hydrogen-bond donors (Lipinski definition) is 0. The lowest BCUT2D eigenvalue weighted by Crippen LogP contribution is -2.21. The molecule has 0 aromatic heterocycles. The van der Waals surface area contributed by atoms with Gasteiger partial charge >= 0.3 is 12.3 Å². The lowest BCUT2D eigenvalue weighted by Gasteiger charge is -2.09. The molecule has 2 rings (SSSR count). The maximum atomic E-state index is 12.0. The minimum Gasteiger partial charge on any atom is -0.475 e. The van der Waals surface area contributed by atoms with Crippen LogP contribution in [-0.4, -0.2) is 38.0 Å². The number of carbonyl (C=O) groups is 1. The molecule has 1 aliphatic heterocycles. The molecular formula is C12H10F3NO4. The summed E-state index contributed by atoms with van der Waals surface area (Å²) in [5.41, 5.74) is 0.450. The number of methoxy groups -OCH3 is 1. The Morgan fingerprint density at radius 2 is 2.00 bits per heavy atom. The highest BCUT2D eigenvalue weighted by Gasteiger charge is 2.31. The van der Waals surface area contributed by atoms with Gasteiger partial charge in [0.25, 0.3) is 0 Å². The molecule has 1 heterocycles. The fraction of sp³-hybridized carbons (Fsp3) is 0.333. The molecule has 0 bridgehead atoms. The van der Waals surface area contributed by atoms with Crippen molar-refractivity contribution in [2.75, 3.05) is 13.7 Å². The Morgan fingerprint density at radius 3 is 2.55 bits per heavy atom. The second kappa shape index (κ2) is 5.40. The molecule has 0 radical (unpaired) electrons. The van der Waals surface area contributed by atoms with E-state index < -0.39 is 18.4 Å². The van der Waals surface area contributed by atoms with Crippen LogP contribution in [0.4, 0.5) is 13.2 Å². The Hall–Kier alpha value is -2.25. The minimum absolute atomic E-state index is 0.0445. The molecule has 0 saturated heterocycles. The molecule has 0 spiro atoms. The minimum atomic E-state index is -4.74. The molecule has 0 saturated carbocycles. The number of aliphatic imine (C=N–C) groups is 1. The predicted molar refractivity (Wildman–Crippen MR) is 61.4 cm³/mol. The van der Waals surface area contributed by atoms with Crippen molar-refractivity contribution in [1.29, 1.82) is 0 Å². The SMILES string of the molecule is COC(=O)[C@H]1COC(c2ccc(OC(F)(F)F)cc2)=N1. The number of carbonyl (C=O) groups excluding carboxylic acids is 1. The highest BCUT2D eigenvalue weighted by Crippen LogP contribution is 2.23. The molecule has 0 unspecified atom stereocenters. The molecule has 1 atom stereocenters. The lowest BCUT2D eigenvalue weighted by molar-refractivity contribution is -0.274. The number of rotatable bonds is 3. The maximum absolute atomic E-state index is 12.0. The first kappa shape index (κ1) is 14.2. The van der Waals surface area contributed by atoms with E-state index in [2.05, 4.69) is 14.5 Å². The maximum Gasteiger partial charge on any atom is 0.573 e. The third-order valence-corrected chi connectivity index (χ3v) is 2.46. The van der Waals surface area contributed by atoms with Crippen LogP contribution in [0.15, 0.2) is 29.3 Å². The largest absolute Gasteiger partial charge is 0.573 e. The zero-order valence-electron chi connectivity index (χ0n) is 10.3. The monoisotopic (exact) mass is 289 g/mol. The summed E-state index contributed by atoms with van der Waals surface area (Å²) in [6, 6.07) is 4.25. The van der Waals surface area contributed by atoms with E-state index in [9.17, 15) is 18.0 Å². The van der Waals surface area contributed by atoms with Crippen molar-refractivity contribution in [1.82, 2.24) is 0 Å². The van der Waals surface area contributed by atoms with E-state index in [4.69, 9.17) is 4.74 Å². The Bertz CT molecular complexity index is 524. The molecule has 5 nitrogen and oxygen atoms in total. The smallest absolute Gasteiger partial charge is 0.475 e. The molecule has 1 aromatic carbocycles. The van der Waals surface area contributed by atoms with Gasteiger partial charge in [0.2, 0.25) is 5.90 Å². The molecule has 0 fully saturated rings. The van der Waals surface area contributed by atoms with E-state index in [0.717, 1.165) is 12.1 Å². The summed E-state index contributed by atoms with van der Waals surface area (Å²) >= 11 is 0. The van der Waals surface area contributed by atoms with Gasteiger partial charge in [0.05, 0.1) is 7.11 Å². The van der Waals surface area contributed by atoms with Crippen molar-refractivity contribution in [3.63, 3.8) is 0 Å². The van der Waals surface area contributed by atoms with Gasteiger partial charge in [-0.15, -0.1) is 13.2 Å². The zero-order valence-corrected chi connectivity index (χ0v) is 10.3. The number of benzene rings is 1. The van der Waals surface area contributed by atoms with Crippen molar-refractivity contribution in [2.45, 2.75) is 12.4 Å². The van der Waals surface area contributed by atoms with Gasteiger partial charge in [0.15, 0.2) is 6.04 Å². The van der Waals surface area contributed by atoms with Crippen molar-refractivity contribution in [2.24, 2.45) is 4.99 Å². The number of hydrogen-bond acceptors (Lipinski definition) is 5. The van der Waals surface area contributed by atoms with Crippen LogP contribution in [-0.2, 0) is 14.3 Å². The summed E-state index contributed by atoms with van der Waals surface area (Å²) in [4.78, 5) is 15.2. The average Bonchev–Trinajstić information content (AvgIpc) is 2.86. The first-order valence-corrected chi connectivity index (χ1v) is 5.53. The molecule has 1 aliphatic rings. The number of halogens is 3. The molecule has 20 heavy (non-hydrogen) atoms. The summed E-state index contributed by atoms with van der Waals surface area (Å²) in [6.45, 7) is 0.0445. The number of alkyl halides is 3. The summed E-state index contributed by atoms with van der Waals surface area (Å²) in [7, 11) is 1.24. The quantitative estimate of drug-likeness (QED) is 0.797.